The van der Waals surface area contributed by atoms with E-state index in [1.54, 1.807) is 57.9 Å². The largest absolute Gasteiger partial charge is 0.478 e. The Hall–Kier alpha value is -5.16. The van der Waals surface area contributed by atoms with Gasteiger partial charge in [-0.3, -0.25) is 24.0 Å². The van der Waals surface area contributed by atoms with Gasteiger partial charge in [0.25, 0.3) is 0 Å². The predicted octanol–water partition coefficient (Wildman–Crippen LogP) is 3.58. The van der Waals surface area contributed by atoms with Gasteiger partial charge in [0.05, 0.1) is 53.1 Å². The number of esters is 1. The van der Waals surface area contributed by atoms with Crippen LogP contribution >= 0.6 is 0 Å². The first kappa shape index (κ1) is 26.1. The molecule has 206 valence electrons. The molecule has 0 amide bonds. The van der Waals surface area contributed by atoms with Gasteiger partial charge in [-0.1, -0.05) is 12.1 Å². The highest BCUT2D eigenvalue weighted by Crippen LogP contribution is 2.27. The number of ether oxygens (including phenoxy) is 1. The molecule has 1 atom stereocenters. The highest BCUT2D eigenvalue weighted by molar-refractivity contribution is 5.90. The van der Waals surface area contributed by atoms with Gasteiger partial charge in [0.1, 0.15) is 0 Å². The molecular weight excluding hydrogens is 524 g/mol. The molecule has 1 aliphatic heterocycles. The lowest BCUT2D eigenvalue weighted by molar-refractivity contribution is 0.0599. The number of likely N-dealkylation sites (tertiary alicyclic amines) is 1. The fraction of sp³-hybridized carbons (Fsp3) is 0.200. The number of fused-ring (bicyclic) bond motifs is 1. The number of aromatic nitrogens is 5. The number of hydrogen-bond acceptors (Lipinski definition) is 8. The van der Waals surface area contributed by atoms with Crippen LogP contribution in [0, 0.1) is 0 Å². The van der Waals surface area contributed by atoms with Crippen LogP contribution in [0.4, 0.5) is 0 Å². The Morgan fingerprint density at radius 1 is 1.00 bits per heavy atom. The van der Waals surface area contributed by atoms with Crippen molar-refractivity contribution in [3.63, 3.8) is 0 Å². The molecule has 0 bridgehead atoms. The van der Waals surface area contributed by atoms with Gasteiger partial charge in [-0.25, -0.2) is 19.4 Å². The highest BCUT2D eigenvalue weighted by Gasteiger charge is 2.29. The standard InChI is InChI=1S/C30H26N6O5/c1-41-29(39)20-6-4-19(5-7-20)25-9-8-23(16-33-25)35-26-3-2-12-32-27(26)36(30(35)40)24-11-14-34(18-24)17-22-15-21(28(37)38)10-13-31-22/h2-10,12-13,15-16,24H,11,14,17-18H2,1H3,(H,37,38). The Bertz CT molecular complexity index is 1810. The second kappa shape index (κ2) is 10.8. The van der Waals surface area contributed by atoms with E-state index in [4.69, 9.17) is 4.74 Å². The average Bonchev–Trinajstić information content (AvgIpc) is 3.57. The van der Waals surface area contributed by atoms with Crippen LogP contribution in [0.2, 0.25) is 0 Å². The number of imidazole rings is 1. The van der Waals surface area contributed by atoms with Crippen LogP contribution in [0.5, 0.6) is 0 Å². The number of carbonyl (C=O) groups excluding carboxylic acids is 1. The minimum Gasteiger partial charge on any atom is -0.478 e. The second-order valence-electron chi connectivity index (χ2n) is 9.82. The summed E-state index contributed by atoms with van der Waals surface area (Å²) in [6.45, 7) is 1.83. The smallest absolute Gasteiger partial charge is 0.337 e. The fourth-order valence-corrected chi connectivity index (χ4v) is 5.31. The SMILES string of the molecule is COC(=O)c1ccc(-c2ccc(-n3c(=O)n(C4CCN(Cc5cc(C(=O)O)ccn5)C4)c4ncccc43)cn2)cc1. The summed E-state index contributed by atoms with van der Waals surface area (Å²) in [6, 6.07) is 17.3. The van der Waals surface area contributed by atoms with Crippen molar-refractivity contribution in [2.24, 2.45) is 0 Å². The van der Waals surface area contributed by atoms with Crippen molar-refractivity contribution in [1.82, 2.24) is 29.0 Å². The van der Waals surface area contributed by atoms with Crippen molar-refractivity contribution >= 4 is 23.1 Å². The van der Waals surface area contributed by atoms with Crippen molar-refractivity contribution in [3.8, 4) is 16.9 Å². The molecule has 1 aliphatic rings. The maximum atomic E-state index is 13.9. The van der Waals surface area contributed by atoms with E-state index in [9.17, 15) is 19.5 Å². The third-order valence-corrected chi connectivity index (χ3v) is 7.30. The average molecular weight is 551 g/mol. The van der Waals surface area contributed by atoms with Crippen molar-refractivity contribution in [2.45, 2.75) is 19.0 Å². The van der Waals surface area contributed by atoms with Crippen molar-refractivity contribution < 1.29 is 19.4 Å². The van der Waals surface area contributed by atoms with E-state index in [2.05, 4.69) is 19.9 Å². The van der Waals surface area contributed by atoms with E-state index in [0.717, 1.165) is 18.5 Å². The number of carboxylic acids is 1. The fourth-order valence-electron chi connectivity index (χ4n) is 5.31. The second-order valence-corrected chi connectivity index (χ2v) is 9.82. The molecular formula is C30H26N6O5. The zero-order valence-electron chi connectivity index (χ0n) is 22.2. The van der Waals surface area contributed by atoms with Crippen LogP contribution in [0.3, 0.4) is 0 Å². The molecule has 0 spiro atoms. The molecule has 1 saturated heterocycles. The van der Waals surface area contributed by atoms with Crippen LogP contribution in [-0.2, 0) is 11.3 Å². The van der Waals surface area contributed by atoms with E-state index in [1.165, 1.54) is 19.4 Å². The van der Waals surface area contributed by atoms with E-state index in [0.29, 0.717) is 46.9 Å². The number of methoxy groups -OCH3 is 1. The summed E-state index contributed by atoms with van der Waals surface area (Å²) in [7, 11) is 1.34. The minimum atomic E-state index is -0.989. The molecule has 0 saturated carbocycles. The lowest BCUT2D eigenvalue weighted by Gasteiger charge is -2.16. The molecule has 1 aromatic carbocycles. The molecule has 1 unspecified atom stereocenters. The number of hydrogen-bond donors (Lipinski definition) is 1. The van der Waals surface area contributed by atoms with Crippen molar-refractivity contribution in [1.29, 1.82) is 0 Å². The zero-order valence-corrected chi connectivity index (χ0v) is 22.2. The molecule has 11 nitrogen and oxygen atoms in total. The van der Waals surface area contributed by atoms with Gasteiger partial charge < -0.3 is 9.84 Å². The first-order valence-electron chi connectivity index (χ1n) is 13.1. The van der Waals surface area contributed by atoms with E-state index < -0.39 is 11.9 Å². The van der Waals surface area contributed by atoms with Crippen molar-refractivity contribution in [3.05, 3.63) is 107 Å². The highest BCUT2D eigenvalue weighted by atomic mass is 16.5. The van der Waals surface area contributed by atoms with Gasteiger partial charge in [0.15, 0.2) is 5.65 Å². The summed E-state index contributed by atoms with van der Waals surface area (Å²) in [4.78, 5) is 52.6. The first-order valence-corrected chi connectivity index (χ1v) is 13.1. The van der Waals surface area contributed by atoms with Gasteiger partial charge in [-0.15, -0.1) is 0 Å². The predicted molar refractivity (Wildman–Crippen MR) is 150 cm³/mol. The number of rotatable bonds is 7. The third-order valence-electron chi connectivity index (χ3n) is 7.30. The van der Waals surface area contributed by atoms with Crippen LogP contribution in [0.1, 0.15) is 38.9 Å². The van der Waals surface area contributed by atoms with Crippen molar-refractivity contribution in [2.75, 3.05) is 20.2 Å². The normalized spacial score (nSPS) is 15.3. The number of benzene rings is 1. The van der Waals surface area contributed by atoms with Crippen LogP contribution in [0.15, 0.2) is 84.0 Å². The number of aromatic carboxylic acids is 1. The molecule has 5 heterocycles. The Morgan fingerprint density at radius 3 is 2.56 bits per heavy atom. The molecule has 1 N–H and O–H groups in total. The van der Waals surface area contributed by atoms with Gasteiger partial charge >= 0.3 is 17.6 Å². The molecule has 4 aromatic heterocycles. The van der Waals surface area contributed by atoms with E-state index in [1.807, 2.05) is 18.2 Å². The third kappa shape index (κ3) is 4.98. The summed E-state index contributed by atoms with van der Waals surface area (Å²) < 4.78 is 8.13. The summed E-state index contributed by atoms with van der Waals surface area (Å²) in [5.41, 5.74) is 4.55. The molecule has 5 aromatic rings. The van der Waals surface area contributed by atoms with Gasteiger partial charge in [0.2, 0.25) is 0 Å². The molecule has 0 aliphatic carbocycles. The molecule has 11 heteroatoms. The molecule has 6 rings (SSSR count). The first-order chi connectivity index (χ1) is 19.9. The Morgan fingerprint density at radius 2 is 1.83 bits per heavy atom. The number of carboxylic acid groups (broad SMARTS) is 1. The van der Waals surface area contributed by atoms with Crippen LogP contribution < -0.4 is 5.69 Å². The number of nitrogens with zero attached hydrogens (tertiary/aromatic N) is 6. The summed E-state index contributed by atoms with van der Waals surface area (Å²) >= 11 is 0. The Kier molecular flexibility index (Phi) is 6.86. The minimum absolute atomic E-state index is 0.107. The number of carbonyl (C=O) groups is 2. The zero-order chi connectivity index (χ0) is 28.5. The van der Waals surface area contributed by atoms with E-state index >= 15 is 0 Å². The van der Waals surface area contributed by atoms with Gasteiger partial charge in [-0.2, -0.15) is 0 Å². The maximum absolute atomic E-state index is 13.9. The summed E-state index contributed by atoms with van der Waals surface area (Å²) in [5, 5.41) is 9.29. The lowest BCUT2D eigenvalue weighted by atomic mass is 10.1. The van der Waals surface area contributed by atoms with E-state index in [-0.39, 0.29) is 17.3 Å². The summed E-state index contributed by atoms with van der Waals surface area (Å²) in [6.07, 6.45) is 5.58. The number of pyridine rings is 3. The molecule has 41 heavy (non-hydrogen) atoms. The Labute approximate surface area is 234 Å². The molecule has 0 radical (unpaired) electrons. The monoisotopic (exact) mass is 550 g/mol. The summed E-state index contributed by atoms with van der Waals surface area (Å²) in [5.74, 6) is -1.39. The van der Waals surface area contributed by atoms with Gasteiger partial charge in [0, 0.05) is 37.6 Å². The Balaban J connectivity index is 1.27. The maximum Gasteiger partial charge on any atom is 0.337 e. The lowest BCUT2D eigenvalue weighted by Crippen LogP contribution is -2.29. The van der Waals surface area contributed by atoms with Crippen LogP contribution in [-0.4, -0.2) is 66.2 Å². The topological polar surface area (TPSA) is 132 Å². The quantitative estimate of drug-likeness (QED) is 0.302. The molecule has 1 fully saturated rings. The van der Waals surface area contributed by atoms with Gasteiger partial charge in [-0.05, 0) is 55.0 Å². The van der Waals surface area contributed by atoms with Crippen LogP contribution in [0.25, 0.3) is 28.1 Å².